The summed E-state index contributed by atoms with van der Waals surface area (Å²) in [5.41, 5.74) is 1.95. The maximum absolute atomic E-state index is 11.2. The Kier molecular flexibility index (Phi) is 3.28. The second-order valence-electron chi connectivity index (χ2n) is 3.97. The van der Waals surface area contributed by atoms with E-state index in [4.69, 9.17) is 0 Å². The van der Waals surface area contributed by atoms with E-state index >= 15 is 0 Å². The van der Waals surface area contributed by atoms with Gasteiger partial charge in [0, 0.05) is 24.2 Å². The molecule has 0 saturated carbocycles. The molecule has 0 aliphatic carbocycles. The molecule has 2 rings (SSSR count). The molecule has 4 nitrogen and oxygen atoms in total. The highest BCUT2D eigenvalue weighted by atomic mass is 32.2. The van der Waals surface area contributed by atoms with Crippen molar-refractivity contribution in [1.29, 1.82) is 0 Å². The quantitative estimate of drug-likeness (QED) is 0.897. The molecule has 0 aliphatic heterocycles. The van der Waals surface area contributed by atoms with Crippen LogP contribution < -0.4 is 0 Å². The van der Waals surface area contributed by atoms with Crippen LogP contribution in [0.15, 0.2) is 36.7 Å². The van der Waals surface area contributed by atoms with Gasteiger partial charge in [0.25, 0.3) is 0 Å². The number of H-pyrrole nitrogens is 1. The zero-order valence-electron chi connectivity index (χ0n) is 9.55. The van der Waals surface area contributed by atoms with Gasteiger partial charge in [-0.1, -0.05) is 24.3 Å². The van der Waals surface area contributed by atoms with Crippen molar-refractivity contribution in [2.24, 2.45) is 0 Å². The lowest BCUT2D eigenvalue weighted by Gasteiger charge is -2.06. The lowest BCUT2D eigenvalue weighted by molar-refractivity contribution is 0.601. The van der Waals surface area contributed by atoms with E-state index in [9.17, 15) is 8.42 Å². The van der Waals surface area contributed by atoms with Gasteiger partial charge in [-0.05, 0) is 12.0 Å². The molecule has 1 aromatic heterocycles. The summed E-state index contributed by atoms with van der Waals surface area (Å²) in [4.78, 5) is 7.22. The number of aromatic nitrogens is 2. The molecule has 2 aromatic rings. The Balaban J connectivity index is 2.29. The molecule has 0 bridgehead atoms. The summed E-state index contributed by atoms with van der Waals surface area (Å²) in [5, 5.41) is 0. The number of benzene rings is 1. The van der Waals surface area contributed by atoms with Crippen LogP contribution in [0.2, 0.25) is 0 Å². The zero-order chi connectivity index (χ0) is 12.3. The first-order valence-corrected chi connectivity index (χ1v) is 7.38. The lowest BCUT2D eigenvalue weighted by Crippen LogP contribution is -2.06. The maximum Gasteiger partial charge on any atom is 0.147 e. The van der Waals surface area contributed by atoms with Crippen molar-refractivity contribution in [2.45, 2.75) is 6.42 Å². The number of aryl methyl sites for hydroxylation is 1. The first kappa shape index (κ1) is 11.9. The number of sulfone groups is 1. The summed E-state index contributed by atoms with van der Waals surface area (Å²) in [6.45, 7) is 0. The fourth-order valence-corrected chi connectivity index (χ4v) is 2.27. The van der Waals surface area contributed by atoms with E-state index in [1.165, 1.54) is 6.26 Å². The molecular weight excluding hydrogens is 236 g/mol. The average Bonchev–Trinajstić information content (AvgIpc) is 2.79. The Morgan fingerprint density at radius 2 is 2.06 bits per heavy atom. The zero-order valence-corrected chi connectivity index (χ0v) is 10.4. The van der Waals surface area contributed by atoms with Gasteiger partial charge in [-0.15, -0.1) is 0 Å². The van der Waals surface area contributed by atoms with Gasteiger partial charge >= 0.3 is 0 Å². The summed E-state index contributed by atoms with van der Waals surface area (Å²) in [5.74, 6) is 0.930. The van der Waals surface area contributed by atoms with Crippen LogP contribution in [0.25, 0.3) is 11.4 Å². The smallest absolute Gasteiger partial charge is 0.147 e. The molecule has 0 unspecified atom stereocenters. The predicted molar refractivity (Wildman–Crippen MR) is 67.4 cm³/mol. The Hall–Kier alpha value is -1.62. The fourth-order valence-electron chi connectivity index (χ4n) is 1.68. The Bertz CT molecular complexity index is 589. The van der Waals surface area contributed by atoms with Gasteiger partial charge in [0.05, 0.1) is 5.75 Å². The molecule has 5 heteroatoms. The van der Waals surface area contributed by atoms with Crippen LogP contribution in [0.1, 0.15) is 5.56 Å². The average molecular weight is 250 g/mol. The van der Waals surface area contributed by atoms with Crippen LogP contribution in [0, 0.1) is 0 Å². The van der Waals surface area contributed by atoms with Crippen molar-refractivity contribution in [3.05, 3.63) is 42.2 Å². The van der Waals surface area contributed by atoms with Gasteiger partial charge in [-0.3, -0.25) is 0 Å². The van der Waals surface area contributed by atoms with Crippen LogP contribution in [-0.2, 0) is 16.3 Å². The number of imidazole rings is 1. The van der Waals surface area contributed by atoms with Crippen LogP contribution in [0.4, 0.5) is 0 Å². The minimum Gasteiger partial charge on any atom is -0.345 e. The Morgan fingerprint density at radius 1 is 1.29 bits per heavy atom. The number of nitrogens with one attached hydrogen (secondary N) is 1. The highest BCUT2D eigenvalue weighted by Crippen LogP contribution is 2.20. The molecule has 0 spiro atoms. The molecule has 1 N–H and O–H groups in total. The third-order valence-electron chi connectivity index (χ3n) is 2.51. The van der Waals surface area contributed by atoms with Crippen LogP contribution in [0.3, 0.4) is 0 Å². The van der Waals surface area contributed by atoms with Crippen molar-refractivity contribution >= 4 is 9.84 Å². The molecule has 1 aromatic carbocycles. The molecule has 0 amide bonds. The molecule has 17 heavy (non-hydrogen) atoms. The summed E-state index contributed by atoms with van der Waals surface area (Å²) in [6, 6.07) is 7.70. The number of rotatable bonds is 4. The third-order valence-corrected chi connectivity index (χ3v) is 3.46. The molecule has 0 atom stereocenters. The normalized spacial score (nSPS) is 11.6. The van der Waals surface area contributed by atoms with Gasteiger partial charge in [-0.2, -0.15) is 0 Å². The summed E-state index contributed by atoms with van der Waals surface area (Å²) in [7, 11) is -2.94. The Labute approximate surface area is 101 Å². The van der Waals surface area contributed by atoms with Crippen molar-refractivity contribution in [3.63, 3.8) is 0 Å². The second-order valence-corrected chi connectivity index (χ2v) is 6.23. The molecule has 90 valence electrons. The van der Waals surface area contributed by atoms with Crippen LogP contribution in [-0.4, -0.2) is 30.4 Å². The highest BCUT2D eigenvalue weighted by Gasteiger charge is 2.09. The third kappa shape index (κ3) is 3.17. The van der Waals surface area contributed by atoms with E-state index < -0.39 is 9.84 Å². The summed E-state index contributed by atoms with van der Waals surface area (Å²) < 4.78 is 22.4. The standard InChI is InChI=1S/C12H14N2O2S/c1-17(15,16)9-6-10-4-2-3-5-11(10)12-13-7-8-14-12/h2-5,7-8H,6,9H2,1H3,(H,13,14). The van der Waals surface area contributed by atoms with E-state index in [1.807, 2.05) is 24.3 Å². The maximum atomic E-state index is 11.2. The summed E-state index contributed by atoms with van der Waals surface area (Å²) >= 11 is 0. The van der Waals surface area contributed by atoms with E-state index in [0.717, 1.165) is 17.0 Å². The second kappa shape index (κ2) is 4.71. The summed E-state index contributed by atoms with van der Waals surface area (Å²) in [6.07, 6.45) is 5.20. The van der Waals surface area contributed by atoms with E-state index in [-0.39, 0.29) is 5.75 Å². The van der Waals surface area contributed by atoms with Gasteiger partial charge in [-0.25, -0.2) is 13.4 Å². The number of aromatic amines is 1. The molecule has 1 heterocycles. The number of nitrogens with zero attached hydrogens (tertiary/aromatic N) is 1. The molecule has 0 fully saturated rings. The van der Waals surface area contributed by atoms with E-state index in [0.29, 0.717) is 6.42 Å². The Morgan fingerprint density at radius 3 is 2.71 bits per heavy atom. The SMILES string of the molecule is CS(=O)(=O)CCc1ccccc1-c1ncc[nH]1. The van der Waals surface area contributed by atoms with Crippen molar-refractivity contribution in [1.82, 2.24) is 9.97 Å². The largest absolute Gasteiger partial charge is 0.345 e. The highest BCUT2D eigenvalue weighted by molar-refractivity contribution is 7.90. The lowest BCUT2D eigenvalue weighted by atomic mass is 10.1. The van der Waals surface area contributed by atoms with Crippen molar-refractivity contribution in [2.75, 3.05) is 12.0 Å². The van der Waals surface area contributed by atoms with Crippen molar-refractivity contribution < 1.29 is 8.42 Å². The number of hydrogen-bond donors (Lipinski definition) is 1. The predicted octanol–water partition coefficient (Wildman–Crippen LogP) is 1.66. The molecule has 0 saturated heterocycles. The van der Waals surface area contributed by atoms with Crippen LogP contribution >= 0.6 is 0 Å². The minimum absolute atomic E-state index is 0.157. The molecular formula is C12H14N2O2S. The minimum atomic E-state index is -2.94. The van der Waals surface area contributed by atoms with Gasteiger partial charge < -0.3 is 4.98 Å². The molecule has 0 radical (unpaired) electrons. The number of hydrogen-bond acceptors (Lipinski definition) is 3. The van der Waals surface area contributed by atoms with E-state index in [1.54, 1.807) is 12.4 Å². The van der Waals surface area contributed by atoms with Gasteiger partial charge in [0.1, 0.15) is 15.7 Å². The molecule has 0 aliphatic rings. The monoisotopic (exact) mass is 250 g/mol. The first-order chi connectivity index (χ1) is 8.06. The topological polar surface area (TPSA) is 62.8 Å². The van der Waals surface area contributed by atoms with Gasteiger partial charge in [0.2, 0.25) is 0 Å². The first-order valence-electron chi connectivity index (χ1n) is 5.31. The van der Waals surface area contributed by atoms with Crippen molar-refractivity contribution in [3.8, 4) is 11.4 Å². The van der Waals surface area contributed by atoms with Crippen LogP contribution in [0.5, 0.6) is 0 Å². The fraction of sp³-hybridized carbons (Fsp3) is 0.250. The van der Waals surface area contributed by atoms with Gasteiger partial charge in [0.15, 0.2) is 0 Å². The van der Waals surface area contributed by atoms with E-state index in [2.05, 4.69) is 9.97 Å².